The summed E-state index contributed by atoms with van der Waals surface area (Å²) in [6, 6.07) is 4.64. The Morgan fingerprint density at radius 3 is 2.67 bits per heavy atom. The number of aromatic hydroxyl groups is 1. The second-order valence-electron chi connectivity index (χ2n) is 10.9. The number of pyridine rings is 2. The van der Waals surface area contributed by atoms with E-state index in [0.717, 1.165) is 6.07 Å². The number of piperazine rings is 1. The lowest BCUT2D eigenvalue weighted by molar-refractivity contribution is -0.126. The van der Waals surface area contributed by atoms with E-state index in [4.69, 9.17) is 0 Å². The summed E-state index contributed by atoms with van der Waals surface area (Å²) in [4.78, 5) is 42.9. The van der Waals surface area contributed by atoms with Crippen LogP contribution in [0.4, 0.5) is 14.6 Å². The van der Waals surface area contributed by atoms with E-state index >= 15 is 8.78 Å². The summed E-state index contributed by atoms with van der Waals surface area (Å²) in [7, 11) is -2.05. The summed E-state index contributed by atoms with van der Waals surface area (Å²) in [5, 5.41) is 10.6. The SMILES string of the molecule is C=CC(=O)N1CCN2c3nc(=O)n(-c4c(C)ccnc4C(C)C)c4nc(-c5c(O)cccc5F)c(F)c(c34)S(=O)CC2C1. The molecule has 10 nitrogen and oxygen atoms in total. The molecule has 13 heteroatoms. The topological polar surface area (TPSA) is 122 Å². The fourth-order valence-corrected chi connectivity index (χ4v) is 7.37. The van der Waals surface area contributed by atoms with E-state index in [0.29, 0.717) is 16.9 Å². The molecule has 2 aliphatic rings. The average Bonchev–Trinajstić information content (AvgIpc) is 3.08. The third-order valence-electron chi connectivity index (χ3n) is 7.87. The fraction of sp³-hybridized carbons (Fsp3) is 0.300. The number of carbonyl (C=O) groups excluding carboxylic acids is 1. The molecule has 2 atom stereocenters. The highest BCUT2D eigenvalue weighted by Crippen LogP contribution is 2.42. The Morgan fingerprint density at radius 2 is 1.98 bits per heavy atom. The van der Waals surface area contributed by atoms with Crippen LogP contribution in [-0.4, -0.2) is 71.1 Å². The van der Waals surface area contributed by atoms with Crippen molar-refractivity contribution in [2.75, 3.05) is 30.3 Å². The van der Waals surface area contributed by atoms with Crippen molar-refractivity contribution in [1.29, 1.82) is 0 Å². The highest BCUT2D eigenvalue weighted by molar-refractivity contribution is 7.85. The molecule has 0 radical (unpaired) electrons. The number of phenolic OH excluding ortho intramolecular Hbond substituents is 1. The predicted molar refractivity (Wildman–Crippen MR) is 158 cm³/mol. The standard InChI is InChI=1S/C30H28F2N6O4S/c1-5-20(40)36-11-12-37-17(13-36)14-43(42)27-22-28(37)35-30(41)38(26-16(4)9-10-33-24(26)15(2)3)29(22)34-25(23(27)32)21-18(31)7-6-8-19(21)39/h5-10,15,17,39H,1,11-14H2,2-4H3. The molecule has 0 bridgehead atoms. The van der Waals surface area contributed by atoms with Crippen LogP contribution >= 0.6 is 0 Å². The summed E-state index contributed by atoms with van der Waals surface area (Å²) < 4.78 is 47.0. The van der Waals surface area contributed by atoms with Gasteiger partial charge in [0.05, 0.1) is 49.8 Å². The van der Waals surface area contributed by atoms with Gasteiger partial charge in [-0.1, -0.05) is 26.5 Å². The van der Waals surface area contributed by atoms with Crippen LogP contribution < -0.4 is 10.6 Å². The Morgan fingerprint density at radius 1 is 1.21 bits per heavy atom. The first kappa shape index (κ1) is 28.6. The minimum Gasteiger partial charge on any atom is -0.507 e. The number of phenols is 1. The number of amides is 1. The summed E-state index contributed by atoms with van der Waals surface area (Å²) in [5.41, 5.74) is -0.373. The lowest BCUT2D eigenvalue weighted by Crippen LogP contribution is -2.56. The van der Waals surface area contributed by atoms with Gasteiger partial charge in [-0.25, -0.2) is 23.1 Å². The van der Waals surface area contributed by atoms with E-state index in [-0.39, 0.29) is 59.0 Å². The third-order valence-corrected chi connectivity index (χ3v) is 9.40. The maximum Gasteiger partial charge on any atom is 0.355 e. The zero-order valence-corrected chi connectivity index (χ0v) is 24.5. The summed E-state index contributed by atoms with van der Waals surface area (Å²) in [5.74, 6) is -3.08. The number of benzene rings is 1. The molecule has 222 valence electrons. The molecule has 6 rings (SSSR count). The van der Waals surface area contributed by atoms with E-state index in [1.807, 2.05) is 13.8 Å². The molecule has 0 saturated carbocycles. The molecular formula is C30H28F2N6O4S. The van der Waals surface area contributed by atoms with Crippen LogP contribution in [0.2, 0.25) is 0 Å². The first-order valence-electron chi connectivity index (χ1n) is 13.7. The molecule has 1 saturated heterocycles. The molecule has 0 aliphatic carbocycles. The first-order valence-corrected chi connectivity index (χ1v) is 15.0. The van der Waals surface area contributed by atoms with Crippen molar-refractivity contribution in [3.8, 4) is 22.7 Å². The maximum absolute atomic E-state index is 16.6. The van der Waals surface area contributed by atoms with E-state index in [1.165, 1.54) is 22.8 Å². The summed E-state index contributed by atoms with van der Waals surface area (Å²) in [6.45, 7) is 9.77. The highest BCUT2D eigenvalue weighted by atomic mass is 32.2. The van der Waals surface area contributed by atoms with E-state index < -0.39 is 51.2 Å². The number of rotatable bonds is 4. The minimum atomic E-state index is -2.05. The Kier molecular flexibility index (Phi) is 7.07. The zero-order valence-electron chi connectivity index (χ0n) is 23.7. The number of anilines is 1. The largest absolute Gasteiger partial charge is 0.507 e. The Bertz CT molecular complexity index is 1910. The van der Waals surface area contributed by atoms with Gasteiger partial charge >= 0.3 is 5.69 Å². The van der Waals surface area contributed by atoms with Gasteiger partial charge in [0, 0.05) is 25.8 Å². The van der Waals surface area contributed by atoms with Crippen LogP contribution in [0, 0.1) is 18.6 Å². The molecule has 43 heavy (non-hydrogen) atoms. The second-order valence-corrected chi connectivity index (χ2v) is 12.3. The van der Waals surface area contributed by atoms with Gasteiger partial charge in [0.15, 0.2) is 11.5 Å². The lowest BCUT2D eigenvalue weighted by Gasteiger charge is -2.41. The van der Waals surface area contributed by atoms with Gasteiger partial charge in [-0.2, -0.15) is 4.98 Å². The van der Waals surface area contributed by atoms with Gasteiger partial charge in [0.1, 0.15) is 23.1 Å². The summed E-state index contributed by atoms with van der Waals surface area (Å²) in [6.07, 6.45) is 2.80. The quantitative estimate of drug-likeness (QED) is 0.350. The third kappa shape index (κ3) is 4.49. The number of carbonyl (C=O) groups is 1. The molecule has 1 N–H and O–H groups in total. The van der Waals surface area contributed by atoms with Crippen molar-refractivity contribution in [2.24, 2.45) is 0 Å². The van der Waals surface area contributed by atoms with E-state index in [9.17, 15) is 18.9 Å². The highest BCUT2D eigenvalue weighted by Gasteiger charge is 2.39. The monoisotopic (exact) mass is 606 g/mol. The van der Waals surface area contributed by atoms with Gasteiger partial charge in [0.2, 0.25) is 5.91 Å². The molecule has 1 fully saturated rings. The number of fused-ring (bicyclic) bond motifs is 2. The van der Waals surface area contributed by atoms with Crippen molar-refractivity contribution in [3.05, 3.63) is 76.5 Å². The molecule has 4 aromatic rings. The van der Waals surface area contributed by atoms with Crippen LogP contribution in [0.3, 0.4) is 0 Å². The van der Waals surface area contributed by atoms with Crippen molar-refractivity contribution in [1.82, 2.24) is 24.4 Å². The molecule has 0 spiro atoms. The Balaban J connectivity index is 1.75. The van der Waals surface area contributed by atoms with Crippen molar-refractivity contribution >= 4 is 33.6 Å². The molecule has 2 aliphatic heterocycles. The minimum absolute atomic E-state index is 0.0407. The first-order chi connectivity index (χ1) is 20.5. The van der Waals surface area contributed by atoms with Gasteiger partial charge in [-0.05, 0) is 42.7 Å². The average molecular weight is 607 g/mol. The van der Waals surface area contributed by atoms with Crippen LogP contribution in [0.5, 0.6) is 5.75 Å². The number of hydrogen-bond donors (Lipinski definition) is 1. The molecular weight excluding hydrogens is 578 g/mol. The Hall–Kier alpha value is -4.52. The van der Waals surface area contributed by atoms with Gasteiger partial charge in [-0.15, -0.1) is 0 Å². The number of aromatic nitrogens is 4. The Labute approximate surface area is 247 Å². The normalized spacial score (nSPS) is 18.1. The van der Waals surface area contributed by atoms with Gasteiger partial charge < -0.3 is 14.9 Å². The van der Waals surface area contributed by atoms with Crippen LogP contribution in [0.1, 0.15) is 31.0 Å². The number of halogens is 2. The lowest BCUT2D eigenvalue weighted by atomic mass is 10.0. The van der Waals surface area contributed by atoms with Crippen LogP contribution in [0.25, 0.3) is 28.0 Å². The van der Waals surface area contributed by atoms with Gasteiger partial charge in [-0.3, -0.25) is 14.0 Å². The van der Waals surface area contributed by atoms with Crippen molar-refractivity contribution in [3.63, 3.8) is 0 Å². The zero-order chi connectivity index (χ0) is 30.7. The molecule has 1 aromatic carbocycles. The van der Waals surface area contributed by atoms with Crippen molar-refractivity contribution < 1.29 is 22.9 Å². The molecule has 2 unspecified atom stereocenters. The van der Waals surface area contributed by atoms with Crippen molar-refractivity contribution in [2.45, 2.75) is 37.6 Å². The predicted octanol–water partition coefficient (Wildman–Crippen LogP) is 3.58. The fourth-order valence-electron chi connectivity index (χ4n) is 5.87. The number of aryl methyl sites for hydroxylation is 1. The van der Waals surface area contributed by atoms with Gasteiger partial charge in [0.25, 0.3) is 0 Å². The summed E-state index contributed by atoms with van der Waals surface area (Å²) >= 11 is 0. The van der Waals surface area contributed by atoms with E-state index in [1.54, 1.807) is 29.0 Å². The smallest absolute Gasteiger partial charge is 0.355 e. The number of hydrogen-bond acceptors (Lipinski definition) is 8. The second kappa shape index (κ2) is 10.6. The van der Waals surface area contributed by atoms with E-state index in [2.05, 4.69) is 21.5 Å². The molecule has 5 heterocycles. The van der Waals surface area contributed by atoms with Crippen LogP contribution in [-0.2, 0) is 15.6 Å². The molecule has 1 amide bonds. The number of nitrogens with zero attached hydrogens (tertiary/aromatic N) is 6. The van der Waals surface area contributed by atoms with Crippen LogP contribution in [0.15, 0.2) is 52.8 Å². The molecule has 3 aromatic heterocycles. The maximum atomic E-state index is 16.6.